The van der Waals surface area contributed by atoms with E-state index < -0.39 is 5.97 Å². The van der Waals surface area contributed by atoms with Gasteiger partial charge in [0.05, 0.1) is 13.7 Å². The van der Waals surface area contributed by atoms with E-state index in [0.717, 1.165) is 5.56 Å². The van der Waals surface area contributed by atoms with Crippen LogP contribution in [-0.2, 0) is 11.3 Å². The fraction of sp³-hybridized carbons (Fsp3) is 0.214. The highest BCUT2D eigenvalue weighted by Gasteiger charge is 2.11. The van der Waals surface area contributed by atoms with Crippen molar-refractivity contribution < 1.29 is 13.9 Å². The van der Waals surface area contributed by atoms with Gasteiger partial charge in [-0.05, 0) is 30.7 Å². The number of aryl methyl sites for hydroxylation is 1. The summed E-state index contributed by atoms with van der Waals surface area (Å²) in [6.45, 7) is 2.18. The molecule has 6 nitrogen and oxygen atoms in total. The van der Waals surface area contributed by atoms with Gasteiger partial charge in [-0.1, -0.05) is 6.07 Å². The zero-order valence-electron chi connectivity index (χ0n) is 11.1. The number of esters is 1. The number of nitriles is 1. The van der Waals surface area contributed by atoms with Crippen LogP contribution in [0.3, 0.4) is 0 Å². The normalized spacial score (nSPS) is 9.85. The van der Waals surface area contributed by atoms with Crippen molar-refractivity contribution in [3.05, 3.63) is 47.0 Å². The molecule has 102 valence electrons. The predicted octanol–water partition coefficient (Wildman–Crippen LogP) is 2.25. The van der Waals surface area contributed by atoms with E-state index in [0.29, 0.717) is 23.8 Å². The molecule has 0 atom stereocenters. The average molecular weight is 271 g/mol. The molecule has 0 aromatic carbocycles. The number of hydrogen-bond acceptors (Lipinski definition) is 6. The van der Waals surface area contributed by atoms with E-state index in [1.807, 2.05) is 19.1 Å². The smallest absolute Gasteiger partial charge is 0.373 e. The number of aromatic nitrogens is 1. The summed E-state index contributed by atoms with van der Waals surface area (Å²) in [5.41, 5.74) is 1.20. The zero-order chi connectivity index (χ0) is 14.5. The first-order valence-electron chi connectivity index (χ1n) is 5.92. The molecule has 0 saturated carbocycles. The Kier molecular flexibility index (Phi) is 4.01. The molecule has 0 bridgehead atoms. The Hall–Kier alpha value is -2.81. The maximum Gasteiger partial charge on any atom is 0.373 e. The maximum absolute atomic E-state index is 11.2. The van der Waals surface area contributed by atoms with Crippen LogP contribution in [-0.4, -0.2) is 18.1 Å². The van der Waals surface area contributed by atoms with E-state index in [4.69, 9.17) is 9.68 Å². The van der Waals surface area contributed by atoms with Crippen molar-refractivity contribution in [3.63, 3.8) is 0 Å². The molecule has 0 radical (unpaired) electrons. The summed E-state index contributed by atoms with van der Waals surface area (Å²) < 4.78 is 9.86. The lowest BCUT2D eigenvalue weighted by atomic mass is 10.2. The lowest BCUT2D eigenvalue weighted by molar-refractivity contribution is 0.0563. The van der Waals surface area contributed by atoms with Gasteiger partial charge in [-0.2, -0.15) is 5.26 Å². The summed E-state index contributed by atoms with van der Waals surface area (Å²) in [5.74, 6) is 0.782. The predicted molar refractivity (Wildman–Crippen MR) is 71.1 cm³/mol. The number of nitrogens with one attached hydrogen (secondary N) is 1. The first-order valence-corrected chi connectivity index (χ1v) is 5.92. The van der Waals surface area contributed by atoms with Crippen LogP contribution in [0.15, 0.2) is 28.7 Å². The van der Waals surface area contributed by atoms with Crippen LogP contribution in [0.4, 0.5) is 5.82 Å². The highest BCUT2D eigenvalue weighted by atomic mass is 16.5. The lowest BCUT2D eigenvalue weighted by Crippen LogP contribution is -2.02. The Morgan fingerprint density at radius 1 is 1.45 bits per heavy atom. The van der Waals surface area contributed by atoms with Crippen molar-refractivity contribution >= 4 is 11.8 Å². The fourth-order valence-corrected chi connectivity index (χ4v) is 1.60. The molecule has 6 heteroatoms. The Bertz CT molecular complexity index is 671. The van der Waals surface area contributed by atoms with Crippen LogP contribution in [0.2, 0.25) is 0 Å². The van der Waals surface area contributed by atoms with Crippen LogP contribution in [0.1, 0.15) is 27.6 Å². The number of ether oxygens (including phenoxy) is 1. The van der Waals surface area contributed by atoms with Gasteiger partial charge in [0.1, 0.15) is 23.3 Å². The molecule has 0 fully saturated rings. The quantitative estimate of drug-likeness (QED) is 0.858. The summed E-state index contributed by atoms with van der Waals surface area (Å²) in [6, 6.07) is 8.85. The van der Waals surface area contributed by atoms with E-state index in [1.165, 1.54) is 7.11 Å². The van der Waals surface area contributed by atoms with Crippen molar-refractivity contribution in [2.75, 3.05) is 12.4 Å². The van der Waals surface area contributed by atoms with Gasteiger partial charge in [0.2, 0.25) is 5.76 Å². The van der Waals surface area contributed by atoms with Gasteiger partial charge in [0, 0.05) is 0 Å². The van der Waals surface area contributed by atoms with Gasteiger partial charge < -0.3 is 14.5 Å². The minimum Gasteiger partial charge on any atom is -0.463 e. The molecule has 0 unspecified atom stereocenters. The Morgan fingerprint density at radius 3 is 2.95 bits per heavy atom. The molecule has 0 aliphatic heterocycles. The molecule has 0 spiro atoms. The Labute approximate surface area is 116 Å². The van der Waals surface area contributed by atoms with Gasteiger partial charge in [-0.3, -0.25) is 0 Å². The molecule has 1 N–H and O–H groups in total. The van der Waals surface area contributed by atoms with Crippen LogP contribution in [0, 0.1) is 18.3 Å². The number of rotatable bonds is 4. The molecule has 2 rings (SSSR count). The SMILES string of the molecule is COC(=O)c1ccc(CNc2ccc(C)c(C#N)n2)o1. The first kappa shape index (κ1) is 13.6. The van der Waals surface area contributed by atoms with Crippen LogP contribution in [0.5, 0.6) is 0 Å². The summed E-state index contributed by atoms with van der Waals surface area (Å²) in [7, 11) is 1.29. The van der Waals surface area contributed by atoms with Crippen LogP contribution in [0.25, 0.3) is 0 Å². The summed E-state index contributed by atoms with van der Waals surface area (Å²) >= 11 is 0. The largest absolute Gasteiger partial charge is 0.463 e. The number of furan rings is 1. The molecule has 0 saturated heterocycles. The van der Waals surface area contributed by atoms with Crippen molar-refractivity contribution in [2.45, 2.75) is 13.5 Å². The number of carbonyl (C=O) groups excluding carboxylic acids is 1. The topological polar surface area (TPSA) is 88.1 Å². The van der Waals surface area contributed by atoms with Crippen molar-refractivity contribution in [1.82, 2.24) is 4.98 Å². The number of methoxy groups -OCH3 is 1. The molecule has 0 aliphatic rings. The van der Waals surface area contributed by atoms with Gasteiger partial charge in [-0.25, -0.2) is 9.78 Å². The van der Waals surface area contributed by atoms with E-state index >= 15 is 0 Å². The summed E-state index contributed by atoms with van der Waals surface area (Å²) in [5, 5.41) is 11.9. The standard InChI is InChI=1S/C14H13N3O3/c1-9-3-6-13(17-11(9)7-15)16-8-10-4-5-12(20-10)14(18)19-2/h3-6H,8H2,1-2H3,(H,16,17). The molecular weight excluding hydrogens is 258 g/mol. The molecule has 2 aromatic rings. The van der Waals surface area contributed by atoms with Crippen molar-refractivity contribution in [1.29, 1.82) is 5.26 Å². The minimum absolute atomic E-state index is 0.152. The first-order chi connectivity index (χ1) is 9.63. The third-order valence-electron chi connectivity index (χ3n) is 2.69. The summed E-state index contributed by atoms with van der Waals surface area (Å²) in [4.78, 5) is 15.4. The second-order valence-electron chi connectivity index (χ2n) is 4.08. The minimum atomic E-state index is -0.517. The van der Waals surface area contributed by atoms with Gasteiger partial charge in [0.15, 0.2) is 0 Å². The maximum atomic E-state index is 11.2. The van der Waals surface area contributed by atoms with Gasteiger partial charge >= 0.3 is 5.97 Å². The molecule has 20 heavy (non-hydrogen) atoms. The summed E-state index contributed by atoms with van der Waals surface area (Å²) in [6.07, 6.45) is 0. The monoisotopic (exact) mass is 271 g/mol. The van der Waals surface area contributed by atoms with Crippen LogP contribution >= 0.6 is 0 Å². The highest BCUT2D eigenvalue weighted by molar-refractivity contribution is 5.86. The third kappa shape index (κ3) is 2.95. The lowest BCUT2D eigenvalue weighted by Gasteiger charge is -2.05. The van der Waals surface area contributed by atoms with E-state index in [-0.39, 0.29) is 5.76 Å². The molecule has 0 amide bonds. The second kappa shape index (κ2) is 5.89. The van der Waals surface area contributed by atoms with Crippen molar-refractivity contribution in [2.24, 2.45) is 0 Å². The number of pyridine rings is 1. The zero-order valence-corrected chi connectivity index (χ0v) is 11.1. The van der Waals surface area contributed by atoms with Crippen LogP contribution < -0.4 is 5.32 Å². The van der Waals surface area contributed by atoms with E-state index in [2.05, 4.69) is 15.0 Å². The number of carbonyl (C=O) groups is 1. The molecule has 2 aromatic heterocycles. The number of anilines is 1. The third-order valence-corrected chi connectivity index (χ3v) is 2.69. The van der Waals surface area contributed by atoms with Gasteiger partial charge in [-0.15, -0.1) is 0 Å². The van der Waals surface area contributed by atoms with E-state index in [9.17, 15) is 4.79 Å². The number of nitrogens with zero attached hydrogens (tertiary/aromatic N) is 2. The van der Waals surface area contributed by atoms with Gasteiger partial charge in [0.25, 0.3) is 0 Å². The van der Waals surface area contributed by atoms with Crippen molar-refractivity contribution in [3.8, 4) is 6.07 Å². The average Bonchev–Trinajstić information content (AvgIpc) is 2.94. The molecule has 2 heterocycles. The highest BCUT2D eigenvalue weighted by Crippen LogP contribution is 2.13. The fourth-order valence-electron chi connectivity index (χ4n) is 1.60. The Balaban J connectivity index is 2.04. The number of hydrogen-bond donors (Lipinski definition) is 1. The Morgan fingerprint density at radius 2 is 2.25 bits per heavy atom. The second-order valence-corrected chi connectivity index (χ2v) is 4.08. The molecular formula is C14H13N3O3. The molecule has 0 aliphatic carbocycles. The van der Waals surface area contributed by atoms with E-state index in [1.54, 1.807) is 18.2 Å².